The number of rotatable bonds is 10. The molecule has 1 aromatic rings. The van der Waals surface area contributed by atoms with Gasteiger partial charge in [-0.3, -0.25) is 9.69 Å². The van der Waals surface area contributed by atoms with Crippen molar-refractivity contribution in [1.29, 1.82) is 0 Å². The van der Waals surface area contributed by atoms with Crippen LogP contribution in [0.2, 0.25) is 0 Å². The quantitative estimate of drug-likeness (QED) is 0.623. The summed E-state index contributed by atoms with van der Waals surface area (Å²) in [6, 6.07) is 8.62. The topological polar surface area (TPSA) is 62.8 Å². The molecule has 1 fully saturated rings. The number of amides is 1. The molecular weight excluding hydrogens is 330 g/mol. The van der Waals surface area contributed by atoms with Crippen LogP contribution in [0.4, 0.5) is 0 Å². The van der Waals surface area contributed by atoms with E-state index in [4.69, 9.17) is 9.47 Å². The fraction of sp³-hybridized carbons (Fsp3) is 0.650. The molecule has 1 aliphatic rings. The number of ether oxygens (including phenoxy) is 2. The maximum Gasteiger partial charge on any atom is 0.234 e. The van der Waals surface area contributed by atoms with Gasteiger partial charge in [0, 0.05) is 25.2 Å². The smallest absolute Gasteiger partial charge is 0.234 e. The van der Waals surface area contributed by atoms with E-state index in [0.717, 1.165) is 37.4 Å². The monoisotopic (exact) mass is 363 g/mol. The van der Waals surface area contributed by atoms with Crippen LogP contribution in [0.15, 0.2) is 24.3 Å². The molecule has 0 spiro atoms. The Balaban J connectivity index is 1.56. The van der Waals surface area contributed by atoms with Gasteiger partial charge in [-0.1, -0.05) is 13.8 Å². The second-order valence-corrected chi connectivity index (χ2v) is 6.97. The third kappa shape index (κ3) is 7.62. The molecular formula is C20H33N3O3. The first kappa shape index (κ1) is 20.5. The molecule has 146 valence electrons. The first-order chi connectivity index (χ1) is 12.6. The van der Waals surface area contributed by atoms with Crippen molar-refractivity contribution in [3.63, 3.8) is 0 Å². The molecule has 0 radical (unpaired) electrons. The average molecular weight is 364 g/mol. The van der Waals surface area contributed by atoms with E-state index in [-0.39, 0.29) is 5.91 Å². The van der Waals surface area contributed by atoms with Gasteiger partial charge in [-0.25, -0.2) is 0 Å². The van der Waals surface area contributed by atoms with Crippen LogP contribution in [0.3, 0.4) is 0 Å². The lowest BCUT2D eigenvalue weighted by Crippen LogP contribution is -2.47. The molecule has 1 aliphatic heterocycles. The van der Waals surface area contributed by atoms with Crippen LogP contribution in [0.5, 0.6) is 11.5 Å². The molecule has 6 heteroatoms. The second kappa shape index (κ2) is 11.0. The third-order valence-electron chi connectivity index (χ3n) is 4.35. The lowest BCUT2D eigenvalue weighted by Gasteiger charge is -2.32. The van der Waals surface area contributed by atoms with Crippen LogP contribution in [-0.4, -0.2) is 62.3 Å². The minimum Gasteiger partial charge on any atom is -0.494 e. The van der Waals surface area contributed by atoms with Gasteiger partial charge >= 0.3 is 0 Å². The zero-order valence-electron chi connectivity index (χ0n) is 16.3. The van der Waals surface area contributed by atoms with E-state index in [0.29, 0.717) is 38.4 Å². The minimum absolute atomic E-state index is 0.0653. The SMILES string of the molecule is CCOc1ccc(OCCNC(=O)CN2CCC(NC(C)C)CC2)cc1. The van der Waals surface area contributed by atoms with Gasteiger partial charge in [0.05, 0.1) is 19.7 Å². The summed E-state index contributed by atoms with van der Waals surface area (Å²) in [5.74, 6) is 1.68. The lowest BCUT2D eigenvalue weighted by molar-refractivity contribution is -0.122. The van der Waals surface area contributed by atoms with Gasteiger partial charge < -0.3 is 20.1 Å². The highest BCUT2D eigenvalue weighted by atomic mass is 16.5. The normalized spacial score (nSPS) is 15.8. The molecule has 1 amide bonds. The first-order valence-corrected chi connectivity index (χ1v) is 9.67. The minimum atomic E-state index is 0.0653. The number of nitrogens with one attached hydrogen (secondary N) is 2. The van der Waals surface area contributed by atoms with Gasteiger partial charge in [-0.15, -0.1) is 0 Å². The van der Waals surface area contributed by atoms with Crippen molar-refractivity contribution in [3.05, 3.63) is 24.3 Å². The Morgan fingerprint density at radius 1 is 1.15 bits per heavy atom. The predicted molar refractivity (Wildman–Crippen MR) is 104 cm³/mol. The van der Waals surface area contributed by atoms with Crippen LogP contribution in [0.25, 0.3) is 0 Å². The number of carbonyl (C=O) groups is 1. The van der Waals surface area contributed by atoms with E-state index in [1.165, 1.54) is 0 Å². The van der Waals surface area contributed by atoms with Crippen LogP contribution >= 0.6 is 0 Å². The lowest BCUT2D eigenvalue weighted by atomic mass is 10.0. The maximum atomic E-state index is 12.1. The number of likely N-dealkylation sites (tertiary alicyclic amines) is 1. The second-order valence-electron chi connectivity index (χ2n) is 6.97. The Labute approximate surface area is 157 Å². The number of piperidine rings is 1. The Morgan fingerprint density at radius 2 is 1.77 bits per heavy atom. The number of hydrogen-bond acceptors (Lipinski definition) is 5. The molecule has 0 unspecified atom stereocenters. The summed E-state index contributed by atoms with van der Waals surface area (Å²) >= 11 is 0. The molecule has 0 saturated carbocycles. The average Bonchev–Trinajstić information content (AvgIpc) is 2.62. The molecule has 26 heavy (non-hydrogen) atoms. The first-order valence-electron chi connectivity index (χ1n) is 9.67. The summed E-state index contributed by atoms with van der Waals surface area (Å²) in [7, 11) is 0. The standard InChI is InChI=1S/C20H33N3O3/c1-4-25-18-5-7-19(8-6-18)26-14-11-21-20(24)15-23-12-9-17(10-13-23)22-16(2)3/h5-8,16-17,22H,4,9-15H2,1-3H3,(H,21,24). The van der Waals surface area contributed by atoms with E-state index in [1.54, 1.807) is 0 Å². The highest BCUT2D eigenvalue weighted by molar-refractivity contribution is 5.78. The number of carbonyl (C=O) groups excluding carboxylic acids is 1. The van der Waals surface area contributed by atoms with Crippen molar-refractivity contribution in [2.24, 2.45) is 0 Å². The van der Waals surface area contributed by atoms with Crippen LogP contribution in [0.1, 0.15) is 33.6 Å². The van der Waals surface area contributed by atoms with Crippen molar-refractivity contribution in [2.45, 2.75) is 45.7 Å². The molecule has 0 atom stereocenters. The van der Waals surface area contributed by atoms with E-state index >= 15 is 0 Å². The molecule has 0 aromatic heterocycles. The van der Waals surface area contributed by atoms with E-state index in [2.05, 4.69) is 29.4 Å². The maximum absolute atomic E-state index is 12.1. The molecule has 2 N–H and O–H groups in total. The molecule has 0 bridgehead atoms. The van der Waals surface area contributed by atoms with Gasteiger partial charge in [0.2, 0.25) is 5.91 Å². The van der Waals surface area contributed by atoms with Gasteiger partial charge in [-0.2, -0.15) is 0 Å². The Morgan fingerprint density at radius 3 is 2.35 bits per heavy atom. The Kier molecular flexibility index (Phi) is 8.71. The fourth-order valence-electron chi connectivity index (χ4n) is 3.15. The number of benzene rings is 1. The van der Waals surface area contributed by atoms with E-state index < -0.39 is 0 Å². The number of hydrogen-bond donors (Lipinski definition) is 2. The molecule has 6 nitrogen and oxygen atoms in total. The molecule has 2 rings (SSSR count). The highest BCUT2D eigenvalue weighted by Gasteiger charge is 2.20. The van der Waals surface area contributed by atoms with Gasteiger partial charge in [0.25, 0.3) is 0 Å². The van der Waals surface area contributed by atoms with Gasteiger partial charge in [0.1, 0.15) is 18.1 Å². The van der Waals surface area contributed by atoms with Crippen LogP contribution < -0.4 is 20.1 Å². The highest BCUT2D eigenvalue weighted by Crippen LogP contribution is 2.17. The largest absolute Gasteiger partial charge is 0.494 e. The zero-order valence-corrected chi connectivity index (χ0v) is 16.3. The van der Waals surface area contributed by atoms with Gasteiger partial charge in [0.15, 0.2) is 0 Å². The van der Waals surface area contributed by atoms with Crippen LogP contribution in [0, 0.1) is 0 Å². The van der Waals surface area contributed by atoms with Crippen molar-refractivity contribution >= 4 is 5.91 Å². The predicted octanol–water partition coefficient (Wildman–Crippen LogP) is 2.04. The summed E-state index contributed by atoms with van der Waals surface area (Å²) in [5, 5.41) is 6.50. The summed E-state index contributed by atoms with van der Waals surface area (Å²) in [6.45, 7) is 10.3. The third-order valence-corrected chi connectivity index (χ3v) is 4.35. The molecule has 1 aromatic carbocycles. The molecule has 1 saturated heterocycles. The van der Waals surface area contributed by atoms with Crippen molar-refractivity contribution < 1.29 is 14.3 Å². The Hall–Kier alpha value is -1.79. The van der Waals surface area contributed by atoms with Crippen molar-refractivity contribution in [1.82, 2.24) is 15.5 Å². The Bertz CT molecular complexity index is 526. The number of nitrogens with zero attached hydrogens (tertiary/aromatic N) is 1. The fourth-order valence-corrected chi connectivity index (χ4v) is 3.15. The van der Waals surface area contributed by atoms with E-state index in [1.807, 2.05) is 31.2 Å². The van der Waals surface area contributed by atoms with Crippen molar-refractivity contribution in [2.75, 3.05) is 39.4 Å². The van der Waals surface area contributed by atoms with Gasteiger partial charge in [-0.05, 0) is 44.0 Å². The van der Waals surface area contributed by atoms with Crippen molar-refractivity contribution in [3.8, 4) is 11.5 Å². The summed E-state index contributed by atoms with van der Waals surface area (Å²) in [6.07, 6.45) is 2.21. The van der Waals surface area contributed by atoms with E-state index in [9.17, 15) is 4.79 Å². The molecule has 0 aliphatic carbocycles. The summed E-state index contributed by atoms with van der Waals surface area (Å²) < 4.78 is 11.0. The molecule has 1 heterocycles. The van der Waals surface area contributed by atoms with Crippen LogP contribution in [-0.2, 0) is 4.79 Å². The summed E-state index contributed by atoms with van der Waals surface area (Å²) in [4.78, 5) is 14.3. The summed E-state index contributed by atoms with van der Waals surface area (Å²) in [5.41, 5.74) is 0. The zero-order chi connectivity index (χ0) is 18.8.